The Hall–Kier alpha value is -1.93. The minimum Gasteiger partial charge on any atom is -0.468 e. The van der Waals surface area contributed by atoms with Gasteiger partial charge in [-0.3, -0.25) is 0 Å². The summed E-state index contributed by atoms with van der Waals surface area (Å²) in [6, 6.07) is 7.35. The summed E-state index contributed by atoms with van der Waals surface area (Å²) in [4.78, 5) is 4.13. The predicted molar refractivity (Wildman–Crippen MR) is 61.6 cm³/mol. The van der Waals surface area contributed by atoms with E-state index in [1.165, 1.54) is 11.8 Å². The number of furan rings is 1. The van der Waals surface area contributed by atoms with Gasteiger partial charge in [-0.2, -0.15) is 5.26 Å². The molecule has 0 saturated carbocycles. The smallest absolute Gasteiger partial charge is 0.121 e. The van der Waals surface area contributed by atoms with Gasteiger partial charge in [-0.25, -0.2) is 4.98 Å². The van der Waals surface area contributed by atoms with E-state index in [0.29, 0.717) is 22.0 Å². The van der Waals surface area contributed by atoms with Gasteiger partial charge < -0.3 is 10.2 Å². The van der Waals surface area contributed by atoms with Crippen molar-refractivity contribution < 1.29 is 4.42 Å². The molecule has 2 rings (SSSR count). The van der Waals surface area contributed by atoms with E-state index in [-0.39, 0.29) is 0 Å². The van der Waals surface area contributed by atoms with Gasteiger partial charge >= 0.3 is 0 Å². The van der Waals surface area contributed by atoms with Crippen LogP contribution in [-0.4, -0.2) is 4.98 Å². The van der Waals surface area contributed by atoms with Crippen LogP contribution in [0.4, 0.5) is 5.69 Å². The van der Waals surface area contributed by atoms with E-state index in [0.717, 1.165) is 5.76 Å². The van der Waals surface area contributed by atoms with Crippen LogP contribution in [0, 0.1) is 11.3 Å². The Morgan fingerprint density at radius 3 is 3.06 bits per heavy atom. The number of thioether (sulfide) groups is 1. The molecule has 0 spiro atoms. The monoisotopic (exact) mass is 231 g/mol. The first-order chi connectivity index (χ1) is 7.81. The molecular formula is C11H9N3OS. The Labute approximate surface area is 97.1 Å². The molecule has 0 saturated heterocycles. The number of nitrogen functional groups attached to an aromatic ring is 1. The fourth-order valence-electron chi connectivity index (χ4n) is 1.20. The summed E-state index contributed by atoms with van der Waals surface area (Å²) in [5.41, 5.74) is 6.68. The van der Waals surface area contributed by atoms with Crippen molar-refractivity contribution in [3.63, 3.8) is 0 Å². The standard InChI is InChI=1S/C11H9N3OS/c12-6-8-3-4-14-11(10(8)13)16-7-9-2-1-5-15-9/h1-5H,7,13H2. The fourth-order valence-corrected chi connectivity index (χ4v) is 2.04. The van der Waals surface area contributed by atoms with Crippen LogP contribution >= 0.6 is 11.8 Å². The van der Waals surface area contributed by atoms with Crippen LogP contribution in [0.15, 0.2) is 40.1 Å². The third-order valence-corrected chi connectivity index (χ3v) is 3.03. The van der Waals surface area contributed by atoms with Gasteiger partial charge in [-0.15, -0.1) is 0 Å². The lowest BCUT2D eigenvalue weighted by Gasteiger charge is -2.03. The van der Waals surface area contributed by atoms with E-state index in [1.807, 2.05) is 18.2 Å². The van der Waals surface area contributed by atoms with Crippen LogP contribution in [-0.2, 0) is 5.75 Å². The van der Waals surface area contributed by atoms with Gasteiger partial charge in [0.25, 0.3) is 0 Å². The van der Waals surface area contributed by atoms with Gasteiger partial charge in [-0.1, -0.05) is 11.8 Å². The van der Waals surface area contributed by atoms with E-state index in [4.69, 9.17) is 15.4 Å². The van der Waals surface area contributed by atoms with E-state index in [2.05, 4.69) is 4.98 Å². The van der Waals surface area contributed by atoms with Crippen LogP contribution in [0.3, 0.4) is 0 Å². The predicted octanol–water partition coefficient (Wildman–Crippen LogP) is 2.42. The van der Waals surface area contributed by atoms with Gasteiger partial charge in [0.1, 0.15) is 16.9 Å². The van der Waals surface area contributed by atoms with Crippen molar-refractivity contribution in [2.45, 2.75) is 10.8 Å². The molecule has 5 heteroatoms. The highest BCUT2D eigenvalue weighted by atomic mass is 32.2. The largest absolute Gasteiger partial charge is 0.468 e. The molecule has 0 unspecified atom stereocenters. The SMILES string of the molecule is N#Cc1ccnc(SCc2ccco2)c1N. The molecule has 4 nitrogen and oxygen atoms in total. The minimum atomic E-state index is 0.432. The summed E-state index contributed by atoms with van der Waals surface area (Å²) in [6.45, 7) is 0. The number of anilines is 1. The topological polar surface area (TPSA) is 75.8 Å². The summed E-state index contributed by atoms with van der Waals surface area (Å²) in [6.07, 6.45) is 3.21. The lowest BCUT2D eigenvalue weighted by Crippen LogP contribution is -1.95. The van der Waals surface area contributed by atoms with Gasteiger partial charge in [-0.05, 0) is 18.2 Å². The van der Waals surface area contributed by atoms with E-state index in [9.17, 15) is 0 Å². The lowest BCUT2D eigenvalue weighted by atomic mass is 10.2. The van der Waals surface area contributed by atoms with Crippen LogP contribution in [0.1, 0.15) is 11.3 Å². The molecule has 80 valence electrons. The van der Waals surface area contributed by atoms with Crippen LogP contribution in [0.5, 0.6) is 0 Å². The number of hydrogen-bond donors (Lipinski definition) is 1. The van der Waals surface area contributed by atoms with Gasteiger partial charge in [0.05, 0.1) is 23.3 Å². The number of hydrogen-bond acceptors (Lipinski definition) is 5. The normalized spacial score (nSPS) is 9.94. The molecule has 2 heterocycles. The zero-order valence-corrected chi connectivity index (χ0v) is 9.20. The van der Waals surface area contributed by atoms with Crippen molar-refractivity contribution in [2.24, 2.45) is 0 Å². The second kappa shape index (κ2) is 4.73. The molecule has 16 heavy (non-hydrogen) atoms. The maximum Gasteiger partial charge on any atom is 0.121 e. The lowest BCUT2D eigenvalue weighted by molar-refractivity contribution is 0.530. The number of nitrogens with two attached hydrogens (primary N) is 1. The molecule has 0 aliphatic carbocycles. The third-order valence-electron chi connectivity index (χ3n) is 2.01. The highest BCUT2D eigenvalue weighted by molar-refractivity contribution is 7.98. The van der Waals surface area contributed by atoms with Gasteiger partial charge in [0.2, 0.25) is 0 Å². The summed E-state index contributed by atoms with van der Waals surface area (Å²) >= 11 is 1.45. The van der Waals surface area contributed by atoms with Crippen LogP contribution in [0.2, 0.25) is 0 Å². The molecule has 0 radical (unpaired) electrons. The molecule has 0 amide bonds. The highest BCUT2D eigenvalue weighted by Gasteiger charge is 2.07. The second-order valence-electron chi connectivity index (χ2n) is 3.06. The van der Waals surface area contributed by atoms with Crippen molar-refractivity contribution in [3.05, 3.63) is 42.0 Å². The van der Waals surface area contributed by atoms with Crippen LogP contribution in [0.25, 0.3) is 0 Å². The number of nitriles is 1. The molecule has 0 fully saturated rings. The number of nitrogens with zero attached hydrogens (tertiary/aromatic N) is 2. The average Bonchev–Trinajstić information content (AvgIpc) is 2.81. The van der Waals surface area contributed by atoms with E-state index in [1.54, 1.807) is 18.5 Å². The Balaban J connectivity index is 2.13. The zero-order chi connectivity index (χ0) is 11.4. The first-order valence-corrected chi connectivity index (χ1v) is 5.59. The molecule has 0 aliphatic heterocycles. The van der Waals surface area contributed by atoms with Crippen molar-refractivity contribution in [3.8, 4) is 6.07 Å². The number of aromatic nitrogens is 1. The maximum atomic E-state index is 8.81. The molecule has 0 bridgehead atoms. The Kier molecular flexibility index (Phi) is 3.13. The molecule has 2 aromatic heterocycles. The quantitative estimate of drug-likeness (QED) is 0.821. The van der Waals surface area contributed by atoms with Crippen LogP contribution < -0.4 is 5.73 Å². The van der Waals surface area contributed by atoms with Gasteiger partial charge in [0.15, 0.2) is 0 Å². The summed E-state index contributed by atoms with van der Waals surface area (Å²) in [5, 5.41) is 9.47. The van der Waals surface area contributed by atoms with Crippen molar-refractivity contribution in [1.29, 1.82) is 5.26 Å². The summed E-state index contributed by atoms with van der Waals surface area (Å²) in [7, 11) is 0. The van der Waals surface area contributed by atoms with Gasteiger partial charge in [0, 0.05) is 6.20 Å². The summed E-state index contributed by atoms with van der Waals surface area (Å²) < 4.78 is 5.20. The van der Waals surface area contributed by atoms with Crippen molar-refractivity contribution >= 4 is 17.4 Å². The maximum absolute atomic E-state index is 8.81. The minimum absolute atomic E-state index is 0.432. The average molecular weight is 231 g/mol. The zero-order valence-electron chi connectivity index (χ0n) is 8.38. The fraction of sp³-hybridized carbons (Fsp3) is 0.0909. The Bertz CT molecular complexity index is 517. The number of pyridine rings is 1. The molecule has 0 aromatic carbocycles. The van der Waals surface area contributed by atoms with Crippen molar-refractivity contribution in [2.75, 3.05) is 5.73 Å². The molecule has 0 aliphatic rings. The second-order valence-corrected chi connectivity index (χ2v) is 4.02. The Morgan fingerprint density at radius 1 is 1.50 bits per heavy atom. The van der Waals surface area contributed by atoms with Crippen molar-refractivity contribution in [1.82, 2.24) is 4.98 Å². The molecule has 2 aromatic rings. The molecular weight excluding hydrogens is 222 g/mol. The highest BCUT2D eigenvalue weighted by Crippen LogP contribution is 2.27. The number of rotatable bonds is 3. The first kappa shape index (κ1) is 10.6. The van der Waals surface area contributed by atoms with E-state index < -0.39 is 0 Å². The third kappa shape index (κ3) is 2.18. The molecule has 2 N–H and O–H groups in total. The summed E-state index contributed by atoms with van der Waals surface area (Å²) in [5.74, 6) is 1.51. The first-order valence-electron chi connectivity index (χ1n) is 4.61. The Morgan fingerprint density at radius 2 is 2.38 bits per heavy atom. The van der Waals surface area contributed by atoms with E-state index >= 15 is 0 Å². The molecule has 0 atom stereocenters.